The molecule has 0 spiro atoms. The van der Waals surface area contributed by atoms with Crippen molar-refractivity contribution in [3.8, 4) is 0 Å². The van der Waals surface area contributed by atoms with Gasteiger partial charge in [0.15, 0.2) is 22.9 Å². The van der Waals surface area contributed by atoms with E-state index in [1.807, 2.05) is 12.1 Å². The van der Waals surface area contributed by atoms with Gasteiger partial charge in [-0.1, -0.05) is 39.8 Å². The van der Waals surface area contributed by atoms with Crippen molar-refractivity contribution in [1.82, 2.24) is 9.97 Å². The Bertz CT molecular complexity index is 987. The fourth-order valence-electron chi connectivity index (χ4n) is 3.31. The van der Waals surface area contributed by atoms with E-state index in [-0.39, 0.29) is 0 Å². The van der Waals surface area contributed by atoms with Gasteiger partial charge in [0.2, 0.25) is 0 Å². The van der Waals surface area contributed by atoms with Gasteiger partial charge in [0.05, 0.1) is 0 Å². The summed E-state index contributed by atoms with van der Waals surface area (Å²) >= 11 is 0. The van der Waals surface area contributed by atoms with Gasteiger partial charge in [-0.05, 0) is 53.6 Å². The lowest BCUT2D eigenvalue weighted by molar-refractivity contribution is 0.489. The molecule has 0 aliphatic carbocycles. The summed E-state index contributed by atoms with van der Waals surface area (Å²) in [7, 11) is 0. The van der Waals surface area contributed by atoms with Crippen LogP contribution in [0.1, 0.15) is 68.9 Å². The molecule has 0 aliphatic heterocycles. The van der Waals surface area contributed by atoms with Gasteiger partial charge < -0.3 is 8.83 Å². The third-order valence-corrected chi connectivity index (χ3v) is 5.03. The van der Waals surface area contributed by atoms with Crippen molar-refractivity contribution in [2.45, 2.75) is 58.8 Å². The van der Waals surface area contributed by atoms with Crippen LogP contribution in [-0.2, 0) is 12.8 Å². The zero-order chi connectivity index (χ0) is 19.0. The van der Waals surface area contributed by atoms with Crippen molar-refractivity contribution in [2.24, 2.45) is 0 Å². The number of hydrogen-bond acceptors (Lipinski definition) is 4. The van der Waals surface area contributed by atoms with Crippen LogP contribution in [0.15, 0.2) is 45.2 Å². The Morgan fingerprint density at radius 1 is 0.704 bits per heavy atom. The van der Waals surface area contributed by atoms with E-state index in [4.69, 9.17) is 8.83 Å². The average Bonchev–Trinajstić information content (AvgIpc) is 3.22. The fourth-order valence-corrected chi connectivity index (χ4v) is 3.31. The molecule has 27 heavy (non-hydrogen) atoms. The van der Waals surface area contributed by atoms with Crippen LogP contribution in [0, 0.1) is 0 Å². The maximum absolute atomic E-state index is 5.88. The predicted octanol–water partition coefficient (Wildman–Crippen LogP) is 6.39. The standard InChI is InChI=1S/C23H26N2O2/c1-14(2)16-8-10-20-18(12-16)24-22(26-20)6-5-7-23-25-19-13-17(15(3)4)9-11-21(19)27-23/h8-15H,5-7H2,1-4H3. The molecule has 0 bridgehead atoms. The first-order valence-electron chi connectivity index (χ1n) is 9.78. The highest BCUT2D eigenvalue weighted by molar-refractivity contribution is 5.74. The molecule has 4 aromatic rings. The minimum atomic E-state index is 0.491. The van der Waals surface area contributed by atoms with E-state index in [0.29, 0.717) is 11.8 Å². The molecule has 0 radical (unpaired) electrons. The number of benzene rings is 2. The largest absolute Gasteiger partial charge is 0.441 e. The molecule has 0 unspecified atom stereocenters. The second-order valence-electron chi connectivity index (χ2n) is 7.83. The number of nitrogens with zero attached hydrogens (tertiary/aromatic N) is 2. The third-order valence-electron chi connectivity index (χ3n) is 5.03. The minimum Gasteiger partial charge on any atom is -0.441 e. The van der Waals surface area contributed by atoms with Crippen molar-refractivity contribution in [1.29, 1.82) is 0 Å². The van der Waals surface area contributed by atoms with E-state index in [9.17, 15) is 0 Å². The molecule has 0 amide bonds. The highest BCUT2D eigenvalue weighted by Crippen LogP contribution is 2.24. The van der Waals surface area contributed by atoms with E-state index in [0.717, 1.165) is 53.2 Å². The first-order chi connectivity index (χ1) is 13.0. The van der Waals surface area contributed by atoms with Gasteiger partial charge in [0, 0.05) is 12.8 Å². The SMILES string of the molecule is CC(C)c1ccc2oc(CCCc3nc4cc(C(C)C)ccc4o3)nc2c1. The van der Waals surface area contributed by atoms with Gasteiger partial charge in [0.1, 0.15) is 11.0 Å². The molecule has 0 atom stereocenters. The second-order valence-corrected chi connectivity index (χ2v) is 7.83. The highest BCUT2D eigenvalue weighted by Gasteiger charge is 2.11. The Morgan fingerprint density at radius 2 is 1.15 bits per heavy atom. The molecule has 4 heteroatoms. The van der Waals surface area contributed by atoms with Crippen molar-refractivity contribution in [3.05, 3.63) is 59.3 Å². The molecular formula is C23H26N2O2. The lowest BCUT2D eigenvalue weighted by atomic mass is 10.0. The molecule has 140 valence electrons. The summed E-state index contributed by atoms with van der Waals surface area (Å²) in [6.07, 6.45) is 2.46. The van der Waals surface area contributed by atoms with Crippen LogP contribution < -0.4 is 0 Å². The molecule has 4 nitrogen and oxygen atoms in total. The van der Waals surface area contributed by atoms with Crippen LogP contribution >= 0.6 is 0 Å². The van der Waals surface area contributed by atoms with Crippen molar-refractivity contribution < 1.29 is 8.83 Å². The zero-order valence-electron chi connectivity index (χ0n) is 16.5. The average molecular weight is 362 g/mol. The monoisotopic (exact) mass is 362 g/mol. The first-order valence-corrected chi connectivity index (χ1v) is 9.78. The van der Waals surface area contributed by atoms with Gasteiger partial charge in [0.25, 0.3) is 0 Å². The van der Waals surface area contributed by atoms with Gasteiger partial charge in [-0.3, -0.25) is 0 Å². The first kappa shape index (κ1) is 17.8. The number of hydrogen-bond donors (Lipinski definition) is 0. The Morgan fingerprint density at radius 3 is 1.56 bits per heavy atom. The number of rotatable bonds is 6. The summed E-state index contributed by atoms with van der Waals surface area (Å²) in [6, 6.07) is 12.5. The summed E-state index contributed by atoms with van der Waals surface area (Å²) in [5.74, 6) is 2.54. The molecule has 2 heterocycles. The summed E-state index contributed by atoms with van der Waals surface area (Å²) < 4.78 is 11.8. The maximum atomic E-state index is 5.88. The van der Waals surface area contributed by atoms with Crippen LogP contribution in [0.3, 0.4) is 0 Å². The number of aromatic nitrogens is 2. The maximum Gasteiger partial charge on any atom is 0.195 e. The number of fused-ring (bicyclic) bond motifs is 2. The molecule has 0 aliphatic rings. The predicted molar refractivity (Wildman–Crippen MR) is 108 cm³/mol. The highest BCUT2D eigenvalue weighted by atomic mass is 16.4. The van der Waals surface area contributed by atoms with Crippen molar-refractivity contribution in [3.63, 3.8) is 0 Å². The van der Waals surface area contributed by atoms with Crippen LogP contribution in [0.5, 0.6) is 0 Å². The molecule has 0 N–H and O–H groups in total. The van der Waals surface area contributed by atoms with Crippen LogP contribution in [0.2, 0.25) is 0 Å². The smallest absolute Gasteiger partial charge is 0.195 e. The number of oxazole rings is 2. The second kappa shape index (κ2) is 7.18. The molecule has 4 rings (SSSR count). The minimum absolute atomic E-state index is 0.491. The van der Waals surface area contributed by atoms with E-state index in [1.54, 1.807) is 0 Å². The fraction of sp³-hybridized carbons (Fsp3) is 0.391. The lowest BCUT2D eigenvalue weighted by Crippen LogP contribution is -1.90. The lowest BCUT2D eigenvalue weighted by Gasteiger charge is -2.02. The summed E-state index contributed by atoms with van der Waals surface area (Å²) in [5, 5.41) is 0. The summed E-state index contributed by atoms with van der Waals surface area (Å²) in [6.45, 7) is 8.75. The Hall–Kier alpha value is -2.62. The van der Waals surface area contributed by atoms with Crippen LogP contribution in [0.25, 0.3) is 22.2 Å². The van der Waals surface area contributed by atoms with Crippen LogP contribution in [0.4, 0.5) is 0 Å². The summed E-state index contributed by atoms with van der Waals surface area (Å²) in [5.41, 5.74) is 6.18. The van der Waals surface area contributed by atoms with Gasteiger partial charge in [-0.25, -0.2) is 9.97 Å². The van der Waals surface area contributed by atoms with Gasteiger partial charge in [-0.15, -0.1) is 0 Å². The molecule has 2 aromatic carbocycles. The third kappa shape index (κ3) is 3.75. The quantitative estimate of drug-likeness (QED) is 0.399. The van der Waals surface area contributed by atoms with Crippen molar-refractivity contribution in [2.75, 3.05) is 0 Å². The zero-order valence-corrected chi connectivity index (χ0v) is 16.5. The molecule has 0 saturated carbocycles. The van der Waals surface area contributed by atoms with Gasteiger partial charge >= 0.3 is 0 Å². The Labute approximate surface area is 159 Å². The molecular weight excluding hydrogens is 336 g/mol. The molecule has 2 aromatic heterocycles. The Kier molecular flexibility index (Phi) is 4.73. The van der Waals surface area contributed by atoms with E-state index >= 15 is 0 Å². The number of aryl methyl sites for hydroxylation is 2. The Balaban J connectivity index is 1.43. The van der Waals surface area contributed by atoms with Crippen molar-refractivity contribution >= 4 is 22.2 Å². The van der Waals surface area contributed by atoms with E-state index < -0.39 is 0 Å². The normalized spacial score (nSPS) is 12.1. The van der Waals surface area contributed by atoms with E-state index in [2.05, 4.69) is 61.9 Å². The topological polar surface area (TPSA) is 52.1 Å². The summed E-state index contributed by atoms with van der Waals surface area (Å²) in [4.78, 5) is 9.29. The molecule has 0 fully saturated rings. The van der Waals surface area contributed by atoms with Crippen LogP contribution in [-0.4, -0.2) is 9.97 Å². The van der Waals surface area contributed by atoms with E-state index in [1.165, 1.54) is 11.1 Å². The molecule has 0 saturated heterocycles. The van der Waals surface area contributed by atoms with Gasteiger partial charge in [-0.2, -0.15) is 0 Å².